The number of hydrogen-bond acceptors (Lipinski definition) is 5. The second-order valence-electron chi connectivity index (χ2n) is 6.64. The van der Waals surface area contributed by atoms with Crippen LogP contribution in [0.2, 0.25) is 5.02 Å². The molecular formula is C21H16ClNO3S2. The van der Waals surface area contributed by atoms with Crippen LogP contribution in [0.1, 0.15) is 29.0 Å². The number of ketones is 1. The third-order valence-electron chi connectivity index (χ3n) is 5.13. The standard InChI is InChI=1S/C21H16ClNO3S2/c22-16-7-3-1-5-14(16)19-18(25)11-21(23(27)20(19)26,13-9-10-28-12-13)15-6-2-4-8-17(15)24/h1-10,12,19,24,27H,11H2. The maximum atomic E-state index is 13.4. The molecule has 1 aliphatic rings. The van der Waals surface area contributed by atoms with E-state index in [1.165, 1.54) is 15.6 Å². The predicted molar refractivity (Wildman–Crippen MR) is 113 cm³/mol. The minimum atomic E-state index is -1.19. The number of benzene rings is 2. The fraction of sp³-hybridized carbons (Fsp3) is 0.143. The molecule has 1 aliphatic heterocycles. The molecule has 4 rings (SSSR count). The van der Waals surface area contributed by atoms with Crippen LogP contribution in [0.15, 0.2) is 65.4 Å². The summed E-state index contributed by atoms with van der Waals surface area (Å²) in [6, 6.07) is 15.4. The summed E-state index contributed by atoms with van der Waals surface area (Å²) >= 11 is 12.3. The molecule has 2 heterocycles. The van der Waals surface area contributed by atoms with E-state index in [0.717, 1.165) is 5.56 Å². The van der Waals surface area contributed by atoms with E-state index in [2.05, 4.69) is 12.8 Å². The van der Waals surface area contributed by atoms with Crippen molar-refractivity contribution in [1.29, 1.82) is 0 Å². The molecule has 1 saturated heterocycles. The second-order valence-corrected chi connectivity index (χ2v) is 8.22. The van der Waals surface area contributed by atoms with Crippen molar-refractivity contribution in [2.75, 3.05) is 0 Å². The Morgan fingerprint density at radius 1 is 1.11 bits per heavy atom. The number of carbonyl (C=O) groups excluding carboxylic acids is 2. The average molecular weight is 430 g/mol. The highest BCUT2D eigenvalue weighted by Crippen LogP contribution is 2.50. The minimum absolute atomic E-state index is 0.00421. The molecule has 28 heavy (non-hydrogen) atoms. The Morgan fingerprint density at radius 2 is 1.82 bits per heavy atom. The Morgan fingerprint density at radius 3 is 2.50 bits per heavy atom. The van der Waals surface area contributed by atoms with Crippen molar-refractivity contribution < 1.29 is 14.7 Å². The zero-order valence-corrected chi connectivity index (χ0v) is 17.0. The molecule has 0 spiro atoms. The summed E-state index contributed by atoms with van der Waals surface area (Å²) in [7, 11) is 0. The number of phenols is 1. The number of aromatic hydroxyl groups is 1. The van der Waals surface area contributed by atoms with Gasteiger partial charge in [-0.25, -0.2) is 0 Å². The molecule has 142 valence electrons. The van der Waals surface area contributed by atoms with Gasteiger partial charge >= 0.3 is 0 Å². The Balaban J connectivity index is 1.90. The minimum Gasteiger partial charge on any atom is -0.508 e. The second kappa shape index (κ2) is 7.28. The normalized spacial score (nSPS) is 22.5. The van der Waals surface area contributed by atoms with Gasteiger partial charge in [-0.15, -0.1) is 0 Å². The van der Waals surface area contributed by atoms with Gasteiger partial charge in [0, 0.05) is 17.0 Å². The van der Waals surface area contributed by atoms with Crippen molar-refractivity contribution >= 4 is 47.4 Å². The van der Waals surface area contributed by atoms with Crippen molar-refractivity contribution in [2.45, 2.75) is 17.9 Å². The number of thiol groups is 1. The van der Waals surface area contributed by atoms with Gasteiger partial charge in [0.15, 0.2) is 5.78 Å². The fourth-order valence-corrected chi connectivity index (χ4v) is 5.18. The number of thiophene rings is 1. The molecular weight excluding hydrogens is 414 g/mol. The van der Waals surface area contributed by atoms with Gasteiger partial charge in [0.25, 0.3) is 0 Å². The van der Waals surface area contributed by atoms with Crippen LogP contribution in [0.3, 0.4) is 0 Å². The van der Waals surface area contributed by atoms with E-state index in [0.29, 0.717) is 16.1 Å². The third-order valence-corrected chi connectivity index (χ3v) is 6.70. The lowest BCUT2D eigenvalue weighted by Crippen LogP contribution is -2.54. The highest BCUT2D eigenvalue weighted by atomic mass is 35.5. The Labute approximate surface area is 176 Å². The molecule has 2 atom stereocenters. The van der Waals surface area contributed by atoms with Gasteiger partial charge in [-0.05, 0) is 40.1 Å². The van der Waals surface area contributed by atoms with Gasteiger partial charge < -0.3 is 5.11 Å². The predicted octanol–water partition coefficient (Wildman–Crippen LogP) is 4.78. The summed E-state index contributed by atoms with van der Waals surface area (Å²) < 4.78 is 1.28. The van der Waals surface area contributed by atoms with Gasteiger partial charge in [-0.3, -0.25) is 13.9 Å². The molecule has 0 aliphatic carbocycles. The van der Waals surface area contributed by atoms with Crippen molar-refractivity contribution in [2.24, 2.45) is 0 Å². The number of carbonyl (C=O) groups is 2. The third kappa shape index (κ3) is 2.83. The Hall–Kier alpha value is -2.28. The van der Waals surface area contributed by atoms with Crippen molar-refractivity contribution in [3.8, 4) is 5.75 Å². The number of Topliss-reactive ketones (excluding diaryl/α,β-unsaturated/α-hetero) is 1. The molecule has 1 aromatic heterocycles. The maximum absolute atomic E-state index is 13.4. The number of rotatable bonds is 3. The van der Waals surface area contributed by atoms with Crippen molar-refractivity contribution in [3.63, 3.8) is 0 Å². The molecule has 4 nitrogen and oxygen atoms in total. The number of amides is 1. The lowest BCUT2D eigenvalue weighted by molar-refractivity contribution is -0.142. The van der Waals surface area contributed by atoms with Gasteiger partial charge in [0.05, 0.1) is 0 Å². The highest BCUT2D eigenvalue weighted by Gasteiger charge is 2.53. The maximum Gasteiger partial charge on any atom is 0.248 e. The first kappa shape index (κ1) is 19.1. The first-order valence-electron chi connectivity index (χ1n) is 8.58. The molecule has 2 unspecified atom stereocenters. The summed E-state index contributed by atoms with van der Waals surface area (Å²) in [5, 5.41) is 14.6. The van der Waals surface area contributed by atoms with Crippen LogP contribution in [0.5, 0.6) is 5.75 Å². The van der Waals surface area contributed by atoms with Crippen LogP contribution in [0.25, 0.3) is 0 Å². The number of halogens is 1. The highest BCUT2D eigenvalue weighted by molar-refractivity contribution is 7.78. The number of hydrogen-bond donors (Lipinski definition) is 2. The molecule has 7 heteroatoms. The number of piperidine rings is 1. The molecule has 1 N–H and O–H groups in total. The van der Waals surface area contributed by atoms with E-state index < -0.39 is 17.4 Å². The number of nitrogens with zero attached hydrogens (tertiary/aromatic N) is 1. The lowest BCUT2D eigenvalue weighted by atomic mass is 9.73. The Bertz CT molecular complexity index is 1050. The van der Waals surface area contributed by atoms with E-state index in [1.807, 2.05) is 16.8 Å². The monoisotopic (exact) mass is 429 g/mol. The topological polar surface area (TPSA) is 57.6 Å². The van der Waals surface area contributed by atoms with Gasteiger partial charge in [0.1, 0.15) is 17.2 Å². The largest absolute Gasteiger partial charge is 0.508 e. The van der Waals surface area contributed by atoms with Crippen LogP contribution in [0.4, 0.5) is 0 Å². The fourth-order valence-electron chi connectivity index (χ4n) is 3.81. The first-order valence-corrected chi connectivity index (χ1v) is 10.3. The number of phenolic OH excluding ortho intramolecular Hbond substituents is 1. The number of para-hydroxylation sites is 1. The molecule has 0 saturated carbocycles. The molecule has 0 bridgehead atoms. The van der Waals surface area contributed by atoms with Crippen LogP contribution in [-0.4, -0.2) is 21.1 Å². The molecule has 1 fully saturated rings. The van der Waals surface area contributed by atoms with E-state index in [1.54, 1.807) is 48.5 Å². The van der Waals surface area contributed by atoms with Crippen LogP contribution >= 0.6 is 35.8 Å². The van der Waals surface area contributed by atoms with E-state index in [9.17, 15) is 14.7 Å². The first-order chi connectivity index (χ1) is 13.5. The summed E-state index contributed by atoms with van der Waals surface area (Å²) in [5.41, 5.74) is 0.464. The molecule has 2 aromatic carbocycles. The summed E-state index contributed by atoms with van der Waals surface area (Å²) in [6.45, 7) is 0. The molecule has 0 radical (unpaired) electrons. The zero-order chi connectivity index (χ0) is 19.9. The summed E-state index contributed by atoms with van der Waals surface area (Å²) in [6.07, 6.45) is -0.0214. The van der Waals surface area contributed by atoms with Crippen LogP contribution < -0.4 is 0 Å². The smallest absolute Gasteiger partial charge is 0.248 e. The van der Waals surface area contributed by atoms with Crippen molar-refractivity contribution in [3.05, 3.63) is 87.1 Å². The SMILES string of the molecule is O=C1CC(c2ccsc2)(c2ccccc2O)N(S)C(=O)C1c1ccccc1Cl. The Kier molecular flexibility index (Phi) is 4.95. The van der Waals surface area contributed by atoms with E-state index >= 15 is 0 Å². The van der Waals surface area contributed by atoms with Gasteiger partial charge in [-0.2, -0.15) is 11.3 Å². The summed E-state index contributed by atoms with van der Waals surface area (Å²) in [4.78, 5) is 26.7. The van der Waals surface area contributed by atoms with E-state index in [-0.39, 0.29) is 18.0 Å². The lowest BCUT2D eigenvalue weighted by Gasteiger charge is -2.46. The van der Waals surface area contributed by atoms with Crippen LogP contribution in [-0.2, 0) is 15.1 Å². The summed E-state index contributed by atoms with van der Waals surface area (Å²) in [5.74, 6) is -1.76. The van der Waals surface area contributed by atoms with Crippen molar-refractivity contribution in [1.82, 2.24) is 4.31 Å². The van der Waals surface area contributed by atoms with Gasteiger partial charge in [0.2, 0.25) is 5.91 Å². The average Bonchev–Trinajstić information content (AvgIpc) is 3.22. The quantitative estimate of drug-likeness (QED) is 0.465. The molecule has 3 aromatic rings. The van der Waals surface area contributed by atoms with Crippen LogP contribution in [0, 0.1) is 0 Å². The molecule has 1 amide bonds. The zero-order valence-electron chi connectivity index (χ0n) is 14.6. The van der Waals surface area contributed by atoms with E-state index in [4.69, 9.17) is 11.6 Å². The van der Waals surface area contributed by atoms with Gasteiger partial charge in [-0.1, -0.05) is 60.8 Å².